The van der Waals surface area contributed by atoms with E-state index in [0.29, 0.717) is 26.1 Å². The number of amidine groups is 1. The first-order chi connectivity index (χ1) is 9.80. The molecule has 0 aliphatic carbocycles. The summed E-state index contributed by atoms with van der Waals surface area (Å²) in [6.45, 7) is 5.43. The largest absolute Gasteiger partial charge is 0.387 e. The first-order valence-electron chi connectivity index (χ1n) is 7.16. The second-order valence-corrected chi connectivity index (χ2v) is 6.92. The molecule has 0 unspecified atom stereocenters. The maximum Gasteiger partial charge on any atom is 0.175 e. The van der Waals surface area contributed by atoms with Crippen molar-refractivity contribution in [2.45, 2.75) is 38.9 Å². The maximum atomic E-state index is 7.57. The molecule has 0 spiro atoms. The molecule has 4 nitrogen and oxygen atoms in total. The van der Waals surface area contributed by atoms with Crippen LogP contribution in [0.1, 0.15) is 32.3 Å². The van der Waals surface area contributed by atoms with E-state index in [1.807, 2.05) is 24.3 Å². The van der Waals surface area contributed by atoms with Crippen LogP contribution in [0.25, 0.3) is 0 Å². The van der Waals surface area contributed by atoms with E-state index in [4.69, 9.17) is 32.2 Å². The van der Waals surface area contributed by atoms with Gasteiger partial charge in [-0.2, -0.15) is 0 Å². The Balaban J connectivity index is 2.03. The second-order valence-electron chi connectivity index (χ2n) is 6.48. The number of ether oxygens (including phenoxy) is 2. The Hall–Kier alpha value is -1.10. The third-order valence-corrected chi connectivity index (χ3v) is 3.87. The summed E-state index contributed by atoms with van der Waals surface area (Å²) in [5.74, 6) is -0.688. The zero-order valence-corrected chi connectivity index (χ0v) is 13.4. The molecule has 21 heavy (non-hydrogen) atoms. The smallest absolute Gasteiger partial charge is 0.175 e. The molecule has 0 saturated carbocycles. The SMILES string of the molecule is CC1(C)COC(CCc2ccc(Cl)cc2)(CC(=N)N)OC1. The summed E-state index contributed by atoms with van der Waals surface area (Å²) in [5, 5.41) is 8.29. The van der Waals surface area contributed by atoms with Gasteiger partial charge in [0.15, 0.2) is 5.79 Å². The van der Waals surface area contributed by atoms with Gasteiger partial charge in [-0.25, -0.2) is 0 Å². The number of benzene rings is 1. The lowest BCUT2D eigenvalue weighted by atomic mass is 9.92. The Labute approximate surface area is 131 Å². The first kappa shape index (κ1) is 16.3. The van der Waals surface area contributed by atoms with Crippen LogP contribution in [0.4, 0.5) is 0 Å². The number of nitrogens with two attached hydrogens (primary N) is 1. The molecule has 0 atom stereocenters. The minimum atomic E-state index is -0.777. The summed E-state index contributed by atoms with van der Waals surface area (Å²) in [5.41, 5.74) is 6.74. The van der Waals surface area contributed by atoms with Gasteiger partial charge in [-0.05, 0) is 24.1 Å². The van der Waals surface area contributed by atoms with Gasteiger partial charge >= 0.3 is 0 Å². The number of hydrogen-bond donors (Lipinski definition) is 2. The number of hydrogen-bond acceptors (Lipinski definition) is 3. The normalized spacial score (nSPS) is 20.1. The number of nitrogens with one attached hydrogen (secondary N) is 1. The predicted octanol–water partition coefficient (Wildman–Crippen LogP) is 3.37. The summed E-state index contributed by atoms with van der Waals surface area (Å²) < 4.78 is 11.9. The van der Waals surface area contributed by atoms with Gasteiger partial charge in [0.1, 0.15) is 0 Å². The molecule has 1 aliphatic rings. The lowest BCUT2D eigenvalue weighted by Crippen LogP contribution is -2.49. The number of aryl methyl sites for hydroxylation is 1. The topological polar surface area (TPSA) is 68.3 Å². The van der Waals surface area contributed by atoms with E-state index in [-0.39, 0.29) is 11.3 Å². The average molecular weight is 311 g/mol. The Morgan fingerprint density at radius 2 is 1.81 bits per heavy atom. The molecule has 116 valence electrons. The molecule has 0 amide bonds. The van der Waals surface area contributed by atoms with E-state index in [2.05, 4.69) is 13.8 Å². The van der Waals surface area contributed by atoms with E-state index >= 15 is 0 Å². The van der Waals surface area contributed by atoms with Crippen LogP contribution in [-0.4, -0.2) is 24.8 Å². The number of rotatable bonds is 5. The van der Waals surface area contributed by atoms with E-state index in [1.54, 1.807) is 0 Å². The van der Waals surface area contributed by atoms with Crippen molar-refractivity contribution in [3.05, 3.63) is 34.9 Å². The molecule has 1 fully saturated rings. The van der Waals surface area contributed by atoms with Gasteiger partial charge in [0.05, 0.1) is 25.5 Å². The highest BCUT2D eigenvalue weighted by molar-refractivity contribution is 6.30. The van der Waals surface area contributed by atoms with Crippen LogP contribution >= 0.6 is 11.6 Å². The van der Waals surface area contributed by atoms with E-state index < -0.39 is 5.79 Å². The third-order valence-electron chi connectivity index (χ3n) is 3.62. The third kappa shape index (κ3) is 4.70. The quantitative estimate of drug-likeness (QED) is 0.647. The molecule has 5 heteroatoms. The fourth-order valence-electron chi connectivity index (χ4n) is 2.35. The summed E-state index contributed by atoms with van der Waals surface area (Å²) >= 11 is 5.89. The van der Waals surface area contributed by atoms with Crippen molar-refractivity contribution in [3.8, 4) is 0 Å². The van der Waals surface area contributed by atoms with E-state index in [1.165, 1.54) is 5.56 Å². The Morgan fingerprint density at radius 1 is 1.24 bits per heavy atom. The van der Waals surface area contributed by atoms with Gasteiger partial charge in [0, 0.05) is 16.9 Å². The van der Waals surface area contributed by atoms with Gasteiger partial charge in [-0.15, -0.1) is 0 Å². The van der Waals surface area contributed by atoms with Crippen LogP contribution < -0.4 is 5.73 Å². The Kier molecular flexibility index (Phi) is 4.91. The van der Waals surface area contributed by atoms with Crippen molar-refractivity contribution in [1.82, 2.24) is 0 Å². The van der Waals surface area contributed by atoms with Crippen LogP contribution in [-0.2, 0) is 15.9 Å². The highest BCUT2D eigenvalue weighted by atomic mass is 35.5. The van der Waals surface area contributed by atoms with E-state index in [9.17, 15) is 0 Å². The monoisotopic (exact) mass is 310 g/mol. The summed E-state index contributed by atoms with van der Waals surface area (Å²) in [7, 11) is 0. The molecule has 0 bridgehead atoms. The highest BCUT2D eigenvalue weighted by Crippen LogP contribution is 2.34. The molecule has 1 aromatic carbocycles. The molecule has 1 aromatic rings. The van der Waals surface area contributed by atoms with Crippen molar-refractivity contribution < 1.29 is 9.47 Å². The van der Waals surface area contributed by atoms with Gasteiger partial charge in [-0.3, -0.25) is 5.41 Å². The first-order valence-corrected chi connectivity index (χ1v) is 7.53. The fraction of sp³-hybridized carbons (Fsp3) is 0.562. The Bertz CT molecular complexity index is 490. The number of halogens is 1. The molecule has 3 N–H and O–H groups in total. The maximum absolute atomic E-state index is 7.57. The van der Waals surface area contributed by atoms with Crippen LogP contribution in [0.15, 0.2) is 24.3 Å². The van der Waals surface area contributed by atoms with Gasteiger partial charge in [0.25, 0.3) is 0 Å². The zero-order chi connectivity index (χ0) is 15.5. The molecule has 1 aliphatic heterocycles. The van der Waals surface area contributed by atoms with Crippen LogP contribution in [0, 0.1) is 10.8 Å². The highest BCUT2D eigenvalue weighted by Gasteiger charge is 2.40. The Morgan fingerprint density at radius 3 is 2.33 bits per heavy atom. The van der Waals surface area contributed by atoms with Crippen molar-refractivity contribution in [1.29, 1.82) is 5.41 Å². The van der Waals surface area contributed by atoms with E-state index in [0.717, 1.165) is 11.4 Å². The molecular weight excluding hydrogens is 288 g/mol. The lowest BCUT2D eigenvalue weighted by Gasteiger charge is -2.43. The molecular formula is C16H23ClN2O2. The van der Waals surface area contributed by atoms with Crippen molar-refractivity contribution in [3.63, 3.8) is 0 Å². The second kappa shape index (κ2) is 6.34. The predicted molar refractivity (Wildman–Crippen MR) is 84.7 cm³/mol. The summed E-state index contributed by atoms with van der Waals surface area (Å²) in [4.78, 5) is 0. The lowest BCUT2D eigenvalue weighted by molar-refractivity contribution is -0.297. The van der Waals surface area contributed by atoms with Crippen LogP contribution in [0.2, 0.25) is 5.02 Å². The van der Waals surface area contributed by atoms with Gasteiger partial charge in [0.2, 0.25) is 0 Å². The molecule has 2 rings (SSSR count). The van der Waals surface area contributed by atoms with Crippen molar-refractivity contribution in [2.75, 3.05) is 13.2 Å². The van der Waals surface area contributed by atoms with Gasteiger partial charge in [-0.1, -0.05) is 37.6 Å². The van der Waals surface area contributed by atoms with Crippen molar-refractivity contribution in [2.24, 2.45) is 11.1 Å². The minimum Gasteiger partial charge on any atom is -0.387 e. The molecule has 1 saturated heterocycles. The summed E-state index contributed by atoms with van der Waals surface area (Å²) in [6.07, 6.45) is 1.77. The standard InChI is InChI=1S/C16H23ClN2O2/c1-15(2)10-20-16(21-11-15,9-14(18)19)8-7-12-3-5-13(17)6-4-12/h3-6H,7-11H2,1-2H3,(H3,18,19). The van der Waals surface area contributed by atoms with Crippen LogP contribution in [0.3, 0.4) is 0 Å². The van der Waals surface area contributed by atoms with Crippen LogP contribution in [0.5, 0.6) is 0 Å². The minimum absolute atomic E-state index is 0.000557. The van der Waals surface area contributed by atoms with Gasteiger partial charge < -0.3 is 15.2 Å². The molecule has 0 radical (unpaired) electrons. The fourth-order valence-corrected chi connectivity index (χ4v) is 2.47. The zero-order valence-electron chi connectivity index (χ0n) is 12.6. The molecule has 1 heterocycles. The molecule has 0 aromatic heterocycles. The average Bonchev–Trinajstić information content (AvgIpc) is 2.41. The summed E-state index contributed by atoms with van der Waals surface area (Å²) in [6, 6.07) is 7.74. The van der Waals surface area contributed by atoms with Crippen molar-refractivity contribution >= 4 is 17.4 Å².